The van der Waals surface area contributed by atoms with Gasteiger partial charge in [-0.05, 0) is 81.9 Å². The number of aliphatic imine (C=N–C) groups is 1. The Labute approximate surface area is 181 Å². The molecule has 162 valence electrons. The van der Waals surface area contributed by atoms with E-state index in [2.05, 4.69) is 51.8 Å². The predicted octanol–water partition coefficient (Wildman–Crippen LogP) is 3.56. The first kappa shape index (κ1) is 21.1. The summed E-state index contributed by atoms with van der Waals surface area (Å²) in [4.78, 5) is 11.8. The van der Waals surface area contributed by atoms with Crippen LogP contribution in [0.5, 0.6) is 0 Å². The number of thiophene rings is 1. The largest absolute Gasteiger partial charge is 0.357 e. The summed E-state index contributed by atoms with van der Waals surface area (Å²) in [5.74, 6) is 2.61. The van der Waals surface area contributed by atoms with Crippen LogP contribution in [0.1, 0.15) is 56.9 Å². The fraction of sp³-hybridized carbons (Fsp3) is 0.783. The van der Waals surface area contributed by atoms with Crippen molar-refractivity contribution in [3.63, 3.8) is 0 Å². The third-order valence-electron chi connectivity index (χ3n) is 6.84. The summed E-state index contributed by atoms with van der Waals surface area (Å²) in [7, 11) is 0. The van der Waals surface area contributed by atoms with Crippen molar-refractivity contribution < 1.29 is 0 Å². The molecule has 3 heterocycles. The fourth-order valence-corrected chi connectivity index (χ4v) is 5.62. The van der Waals surface area contributed by atoms with E-state index in [1.807, 2.05) is 11.3 Å². The van der Waals surface area contributed by atoms with Crippen LogP contribution in [0.4, 0.5) is 0 Å². The van der Waals surface area contributed by atoms with Gasteiger partial charge in [-0.2, -0.15) is 0 Å². The van der Waals surface area contributed by atoms with Crippen LogP contribution in [0.2, 0.25) is 0 Å². The van der Waals surface area contributed by atoms with Crippen LogP contribution < -0.4 is 10.6 Å². The maximum Gasteiger partial charge on any atom is 0.191 e. The third kappa shape index (κ3) is 5.96. The Morgan fingerprint density at radius 2 is 2.00 bits per heavy atom. The Morgan fingerprint density at radius 1 is 1.17 bits per heavy atom. The lowest BCUT2D eigenvalue weighted by Crippen LogP contribution is -2.42. The first-order valence-corrected chi connectivity index (χ1v) is 12.6. The zero-order chi connectivity index (χ0) is 20.1. The third-order valence-corrected chi connectivity index (χ3v) is 7.81. The van der Waals surface area contributed by atoms with E-state index >= 15 is 0 Å². The molecular weight excluding hydrogens is 378 g/mol. The standard InChI is InChI=1S/C23H39N5S/c1-3-24-23(25-15-19-10-13-28(17-19)20-6-7-20)26-16-21(22-5-4-14-29-22)27-11-8-18(2)9-12-27/h4-5,14,18-21H,3,6-13,15-17H2,1-2H3,(H2,24,25,26). The van der Waals surface area contributed by atoms with E-state index in [4.69, 9.17) is 4.99 Å². The minimum Gasteiger partial charge on any atom is -0.357 e. The zero-order valence-corrected chi connectivity index (χ0v) is 19.1. The van der Waals surface area contributed by atoms with Gasteiger partial charge in [-0.3, -0.25) is 9.89 Å². The molecule has 1 aromatic rings. The van der Waals surface area contributed by atoms with E-state index in [-0.39, 0.29) is 0 Å². The number of hydrogen-bond acceptors (Lipinski definition) is 4. The molecule has 6 heteroatoms. The van der Waals surface area contributed by atoms with E-state index in [9.17, 15) is 0 Å². The molecule has 2 N–H and O–H groups in total. The van der Waals surface area contributed by atoms with Crippen molar-refractivity contribution in [3.8, 4) is 0 Å². The number of nitrogens with one attached hydrogen (secondary N) is 2. The average molecular weight is 418 g/mol. The molecule has 3 fully saturated rings. The minimum atomic E-state index is 0.412. The molecular formula is C23H39N5S. The number of nitrogens with zero attached hydrogens (tertiary/aromatic N) is 3. The Morgan fingerprint density at radius 3 is 2.69 bits per heavy atom. The Bertz CT molecular complexity index is 634. The summed E-state index contributed by atoms with van der Waals surface area (Å²) in [5.41, 5.74) is 0. The molecule has 1 aromatic heterocycles. The molecule has 4 rings (SSSR count). The van der Waals surface area contributed by atoms with Gasteiger partial charge in [-0.25, -0.2) is 0 Å². The lowest BCUT2D eigenvalue weighted by atomic mass is 9.97. The van der Waals surface area contributed by atoms with Gasteiger partial charge < -0.3 is 15.5 Å². The lowest BCUT2D eigenvalue weighted by molar-refractivity contribution is 0.143. The minimum absolute atomic E-state index is 0.412. The highest BCUT2D eigenvalue weighted by molar-refractivity contribution is 7.10. The SMILES string of the molecule is CCNC(=NCC(c1cccs1)N1CCC(C)CC1)NCC1CCN(C2CC2)C1. The van der Waals surface area contributed by atoms with Crippen LogP contribution in [0.15, 0.2) is 22.5 Å². The normalized spacial score (nSPS) is 26.0. The van der Waals surface area contributed by atoms with Crippen LogP contribution in [-0.4, -0.2) is 67.6 Å². The van der Waals surface area contributed by atoms with Crippen LogP contribution in [0.3, 0.4) is 0 Å². The van der Waals surface area contributed by atoms with Gasteiger partial charge in [0.05, 0.1) is 12.6 Å². The quantitative estimate of drug-likeness (QED) is 0.501. The summed E-state index contributed by atoms with van der Waals surface area (Å²) >= 11 is 1.88. The predicted molar refractivity (Wildman–Crippen MR) is 124 cm³/mol. The molecule has 2 aliphatic heterocycles. The average Bonchev–Trinajstić information content (AvgIpc) is 3.24. The van der Waals surface area contributed by atoms with Gasteiger partial charge in [-0.1, -0.05) is 13.0 Å². The molecule has 29 heavy (non-hydrogen) atoms. The van der Waals surface area contributed by atoms with Crippen molar-refractivity contribution in [3.05, 3.63) is 22.4 Å². The van der Waals surface area contributed by atoms with Crippen LogP contribution in [0, 0.1) is 11.8 Å². The molecule has 5 nitrogen and oxygen atoms in total. The Balaban J connectivity index is 1.34. The first-order chi connectivity index (χ1) is 14.2. The lowest BCUT2D eigenvalue weighted by Gasteiger charge is -2.35. The van der Waals surface area contributed by atoms with Gasteiger partial charge >= 0.3 is 0 Å². The van der Waals surface area contributed by atoms with Gasteiger partial charge in [0, 0.05) is 30.6 Å². The van der Waals surface area contributed by atoms with Crippen molar-refractivity contribution in [2.75, 3.05) is 45.8 Å². The van der Waals surface area contributed by atoms with E-state index in [1.165, 1.54) is 63.2 Å². The second-order valence-corrected chi connectivity index (χ2v) is 10.2. The monoisotopic (exact) mass is 417 g/mol. The van der Waals surface area contributed by atoms with E-state index in [1.54, 1.807) is 0 Å². The number of guanidine groups is 1. The number of rotatable bonds is 8. The maximum atomic E-state index is 5.04. The molecule has 1 aliphatic carbocycles. The van der Waals surface area contributed by atoms with Crippen molar-refractivity contribution in [1.82, 2.24) is 20.4 Å². The molecule has 0 amide bonds. The smallest absolute Gasteiger partial charge is 0.191 e. The second kappa shape index (κ2) is 10.3. The van der Waals surface area contributed by atoms with Crippen LogP contribution in [0.25, 0.3) is 0 Å². The van der Waals surface area contributed by atoms with Crippen molar-refractivity contribution in [2.24, 2.45) is 16.8 Å². The summed E-state index contributed by atoms with van der Waals surface area (Å²) < 4.78 is 0. The van der Waals surface area contributed by atoms with E-state index in [0.717, 1.165) is 43.5 Å². The number of hydrogen-bond donors (Lipinski definition) is 2. The molecule has 3 aliphatic rings. The summed E-state index contributed by atoms with van der Waals surface area (Å²) in [5, 5.41) is 9.33. The number of likely N-dealkylation sites (tertiary alicyclic amines) is 2. The van der Waals surface area contributed by atoms with E-state index in [0.29, 0.717) is 6.04 Å². The van der Waals surface area contributed by atoms with Crippen molar-refractivity contribution in [2.45, 2.75) is 58.0 Å². The number of piperidine rings is 1. The fourth-order valence-electron chi connectivity index (χ4n) is 4.77. The van der Waals surface area contributed by atoms with Gasteiger partial charge in [0.15, 0.2) is 5.96 Å². The maximum absolute atomic E-state index is 5.04. The van der Waals surface area contributed by atoms with Gasteiger partial charge in [0.25, 0.3) is 0 Å². The molecule has 0 spiro atoms. The molecule has 0 aromatic carbocycles. The molecule has 0 radical (unpaired) electrons. The Hall–Kier alpha value is -1.11. The molecule has 2 unspecified atom stereocenters. The topological polar surface area (TPSA) is 42.9 Å². The van der Waals surface area contributed by atoms with Crippen LogP contribution in [-0.2, 0) is 0 Å². The van der Waals surface area contributed by atoms with Gasteiger partial charge in [0.1, 0.15) is 0 Å². The molecule has 0 bridgehead atoms. The second-order valence-electron chi connectivity index (χ2n) is 9.23. The van der Waals surface area contributed by atoms with Gasteiger partial charge in [-0.15, -0.1) is 11.3 Å². The van der Waals surface area contributed by atoms with Crippen molar-refractivity contribution in [1.29, 1.82) is 0 Å². The summed E-state index contributed by atoms with van der Waals surface area (Å²) in [6.45, 7) is 12.3. The van der Waals surface area contributed by atoms with Gasteiger partial charge in [0.2, 0.25) is 0 Å². The highest BCUT2D eigenvalue weighted by Gasteiger charge is 2.34. The highest BCUT2D eigenvalue weighted by Crippen LogP contribution is 2.32. The zero-order valence-electron chi connectivity index (χ0n) is 18.3. The Kier molecular flexibility index (Phi) is 7.49. The molecule has 2 atom stereocenters. The first-order valence-electron chi connectivity index (χ1n) is 11.8. The van der Waals surface area contributed by atoms with E-state index < -0.39 is 0 Å². The highest BCUT2D eigenvalue weighted by atomic mass is 32.1. The summed E-state index contributed by atoms with van der Waals surface area (Å²) in [6, 6.07) is 5.78. The molecule has 2 saturated heterocycles. The van der Waals surface area contributed by atoms with Crippen LogP contribution >= 0.6 is 11.3 Å². The molecule has 1 saturated carbocycles. The summed E-state index contributed by atoms with van der Waals surface area (Å²) in [6.07, 6.45) is 6.78. The van der Waals surface area contributed by atoms with Crippen molar-refractivity contribution >= 4 is 17.3 Å².